The molecule has 0 aliphatic carbocycles. The number of ether oxygens (including phenoxy) is 2. The Bertz CT molecular complexity index is 1250. The Labute approximate surface area is 215 Å². The SMILES string of the molecule is CC(C)CC(=O)N1CCN(c2cc(-n3ccnc3)ncn2)C(CC(=O)NCc2ccc3c(c2)OCO3)C1. The molecule has 37 heavy (non-hydrogen) atoms. The van der Waals surface area contributed by atoms with E-state index in [4.69, 9.17) is 9.47 Å². The highest BCUT2D eigenvalue weighted by molar-refractivity contribution is 5.79. The minimum absolute atomic E-state index is 0.102. The molecule has 194 valence electrons. The third kappa shape index (κ3) is 5.82. The number of benzene rings is 1. The van der Waals surface area contributed by atoms with Crippen molar-refractivity contribution in [2.24, 2.45) is 5.92 Å². The summed E-state index contributed by atoms with van der Waals surface area (Å²) in [7, 11) is 0. The molecule has 0 spiro atoms. The van der Waals surface area contributed by atoms with E-state index in [-0.39, 0.29) is 37.0 Å². The van der Waals surface area contributed by atoms with E-state index >= 15 is 0 Å². The van der Waals surface area contributed by atoms with Crippen molar-refractivity contribution in [3.8, 4) is 17.3 Å². The second-order valence-corrected chi connectivity index (χ2v) is 9.66. The summed E-state index contributed by atoms with van der Waals surface area (Å²) in [4.78, 5) is 42.8. The lowest BCUT2D eigenvalue weighted by molar-refractivity contribution is -0.133. The van der Waals surface area contributed by atoms with Crippen LogP contribution in [0.4, 0.5) is 5.82 Å². The topological polar surface area (TPSA) is 115 Å². The van der Waals surface area contributed by atoms with Gasteiger partial charge in [-0.3, -0.25) is 14.2 Å². The lowest BCUT2D eigenvalue weighted by Crippen LogP contribution is -2.56. The minimum Gasteiger partial charge on any atom is -0.454 e. The largest absolute Gasteiger partial charge is 0.454 e. The molecular weight excluding hydrogens is 474 g/mol. The van der Waals surface area contributed by atoms with Crippen LogP contribution in [0.2, 0.25) is 0 Å². The van der Waals surface area contributed by atoms with Gasteiger partial charge in [-0.25, -0.2) is 15.0 Å². The van der Waals surface area contributed by atoms with Crippen LogP contribution in [0.1, 0.15) is 32.3 Å². The van der Waals surface area contributed by atoms with E-state index in [0.717, 1.165) is 5.56 Å². The van der Waals surface area contributed by atoms with Crippen LogP contribution in [0.5, 0.6) is 11.5 Å². The predicted octanol–water partition coefficient (Wildman–Crippen LogP) is 2.16. The summed E-state index contributed by atoms with van der Waals surface area (Å²) >= 11 is 0. The van der Waals surface area contributed by atoms with Gasteiger partial charge in [-0.1, -0.05) is 19.9 Å². The van der Waals surface area contributed by atoms with E-state index in [1.807, 2.05) is 49.2 Å². The maximum absolute atomic E-state index is 13.1. The van der Waals surface area contributed by atoms with E-state index in [1.165, 1.54) is 6.33 Å². The number of imidazole rings is 1. The average Bonchev–Trinajstić information content (AvgIpc) is 3.59. The van der Waals surface area contributed by atoms with Gasteiger partial charge in [0.05, 0.1) is 6.04 Å². The molecule has 4 heterocycles. The predicted molar refractivity (Wildman–Crippen MR) is 135 cm³/mol. The van der Waals surface area contributed by atoms with Gasteiger partial charge in [0.25, 0.3) is 0 Å². The van der Waals surface area contributed by atoms with Crippen molar-refractivity contribution in [1.82, 2.24) is 29.7 Å². The Balaban J connectivity index is 1.30. The summed E-state index contributed by atoms with van der Waals surface area (Å²) in [6.07, 6.45) is 7.40. The third-order valence-electron chi connectivity index (χ3n) is 6.47. The summed E-state index contributed by atoms with van der Waals surface area (Å²) in [6, 6.07) is 7.28. The Hall–Kier alpha value is -4.15. The fourth-order valence-corrected chi connectivity index (χ4v) is 4.60. The van der Waals surface area contributed by atoms with Gasteiger partial charge in [0.2, 0.25) is 18.6 Å². The number of anilines is 1. The van der Waals surface area contributed by atoms with Gasteiger partial charge < -0.3 is 24.6 Å². The van der Waals surface area contributed by atoms with Crippen LogP contribution in [-0.4, -0.2) is 68.7 Å². The maximum Gasteiger partial charge on any atom is 0.231 e. The number of fused-ring (bicyclic) bond motifs is 1. The Morgan fingerprint density at radius 1 is 1.11 bits per heavy atom. The normalized spacial score (nSPS) is 16.8. The maximum atomic E-state index is 13.1. The third-order valence-corrected chi connectivity index (χ3v) is 6.47. The van der Waals surface area contributed by atoms with E-state index in [0.29, 0.717) is 55.7 Å². The molecule has 2 aliphatic heterocycles. The summed E-state index contributed by atoms with van der Waals surface area (Å²) < 4.78 is 12.6. The van der Waals surface area contributed by atoms with Crippen molar-refractivity contribution in [1.29, 1.82) is 0 Å². The van der Waals surface area contributed by atoms with Crippen molar-refractivity contribution in [3.63, 3.8) is 0 Å². The van der Waals surface area contributed by atoms with Gasteiger partial charge in [0.15, 0.2) is 11.5 Å². The van der Waals surface area contributed by atoms with Gasteiger partial charge in [0.1, 0.15) is 24.3 Å². The Morgan fingerprint density at radius 2 is 1.95 bits per heavy atom. The molecule has 1 atom stereocenters. The highest BCUT2D eigenvalue weighted by Gasteiger charge is 2.32. The number of aromatic nitrogens is 4. The highest BCUT2D eigenvalue weighted by Crippen LogP contribution is 2.32. The zero-order valence-corrected chi connectivity index (χ0v) is 21.0. The number of nitrogens with zero attached hydrogens (tertiary/aromatic N) is 6. The van der Waals surface area contributed by atoms with Crippen molar-refractivity contribution in [2.75, 3.05) is 31.3 Å². The molecule has 1 aromatic carbocycles. The molecule has 5 rings (SSSR count). The first kappa shape index (κ1) is 24.5. The van der Waals surface area contributed by atoms with Crippen LogP contribution < -0.4 is 19.7 Å². The molecule has 0 saturated carbocycles. The minimum atomic E-state index is -0.229. The quantitative estimate of drug-likeness (QED) is 0.495. The van der Waals surface area contributed by atoms with Crippen LogP contribution in [-0.2, 0) is 16.1 Å². The second kappa shape index (κ2) is 10.9. The molecule has 1 unspecified atom stereocenters. The van der Waals surface area contributed by atoms with Crippen LogP contribution in [0.25, 0.3) is 5.82 Å². The average molecular weight is 506 g/mol. The number of amides is 2. The summed E-state index contributed by atoms with van der Waals surface area (Å²) in [5.74, 6) is 3.07. The van der Waals surface area contributed by atoms with E-state index < -0.39 is 0 Å². The zero-order valence-electron chi connectivity index (χ0n) is 21.0. The van der Waals surface area contributed by atoms with Crippen LogP contribution in [0.15, 0.2) is 49.3 Å². The fourth-order valence-electron chi connectivity index (χ4n) is 4.60. The highest BCUT2D eigenvalue weighted by atomic mass is 16.7. The van der Waals surface area contributed by atoms with Gasteiger partial charge in [0, 0.05) is 57.5 Å². The van der Waals surface area contributed by atoms with E-state index in [2.05, 4.69) is 25.2 Å². The lowest BCUT2D eigenvalue weighted by Gasteiger charge is -2.42. The van der Waals surface area contributed by atoms with Crippen LogP contribution >= 0.6 is 0 Å². The van der Waals surface area contributed by atoms with Gasteiger partial charge >= 0.3 is 0 Å². The Kier molecular flexibility index (Phi) is 7.20. The smallest absolute Gasteiger partial charge is 0.231 e. The summed E-state index contributed by atoms with van der Waals surface area (Å²) in [5.41, 5.74) is 0.924. The van der Waals surface area contributed by atoms with Gasteiger partial charge in [-0.2, -0.15) is 0 Å². The van der Waals surface area contributed by atoms with Gasteiger partial charge in [-0.15, -0.1) is 0 Å². The summed E-state index contributed by atoms with van der Waals surface area (Å²) in [6.45, 7) is 6.25. The molecule has 11 heteroatoms. The molecule has 1 saturated heterocycles. The van der Waals surface area contributed by atoms with Crippen molar-refractivity contribution in [3.05, 3.63) is 54.9 Å². The second-order valence-electron chi connectivity index (χ2n) is 9.66. The molecule has 0 radical (unpaired) electrons. The number of hydrogen-bond acceptors (Lipinski definition) is 8. The van der Waals surface area contributed by atoms with Crippen molar-refractivity contribution < 1.29 is 19.1 Å². The van der Waals surface area contributed by atoms with Gasteiger partial charge in [-0.05, 0) is 23.6 Å². The number of piperazine rings is 1. The standard InChI is InChI=1S/C26H31N7O4/c1-18(2)9-26(35)31-7-8-33(24-12-23(29-15-30-24)32-6-5-27-16-32)20(14-31)11-25(34)28-13-19-3-4-21-22(10-19)37-17-36-21/h3-6,10,12,15-16,18,20H,7-9,11,13-14,17H2,1-2H3,(H,28,34). The molecule has 2 aromatic heterocycles. The molecule has 1 fully saturated rings. The molecular formula is C26H31N7O4. The Morgan fingerprint density at radius 3 is 2.76 bits per heavy atom. The number of nitrogens with one attached hydrogen (secondary N) is 1. The molecule has 1 N–H and O–H groups in total. The van der Waals surface area contributed by atoms with E-state index in [9.17, 15) is 9.59 Å². The summed E-state index contributed by atoms with van der Waals surface area (Å²) in [5, 5.41) is 3.01. The number of carbonyl (C=O) groups is 2. The van der Waals surface area contributed by atoms with Crippen molar-refractivity contribution >= 4 is 17.6 Å². The molecule has 0 bridgehead atoms. The molecule has 2 amide bonds. The lowest BCUT2D eigenvalue weighted by atomic mass is 10.0. The fraction of sp³-hybridized carbons (Fsp3) is 0.423. The van der Waals surface area contributed by atoms with Crippen molar-refractivity contribution in [2.45, 2.75) is 39.3 Å². The van der Waals surface area contributed by atoms with Crippen LogP contribution in [0.3, 0.4) is 0 Å². The number of carbonyl (C=O) groups excluding carboxylic acids is 2. The van der Waals surface area contributed by atoms with Crippen LogP contribution in [0, 0.1) is 5.92 Å². The molecule has 2 aliphatic rings. The monoisotopic (exact) mass is 505 g/mol. The first-order chi connectivity index (χ1) is 18.0. The molecule has 11 nitrogen and oxygen atoms in total. The number of hydrogen-bond donors (Lipinski definition) is 1. The zero-order chi connectivity index (χ0) is 25.8. The first-order valence-corrected chi connectivity index (χ1v) is 12.5. The molecule has 3 aromatic rings. The number of rotatable bonds is 8. The first-order valence-electron chi connectivity index (χ1n) is 12.5. The van der Waals surface area contributed by atoms with E-state index in [1.54, 1.807) is 17.1 Å².